The summed E-state index contributed by atoms with van der Waals surface area (Å²) >= 11 is 0. The van der Waals surface area contributed by atoms with E-state index in [1.165, 1.54) is 0 Å². The van der Waals surface area contributed by atoms with Crippen LogP contribution in [-0.4, -0.2) is 28.8 Å². The summed E-state index contributed by atoms with van der Waals surface area (Å²) in [6, 6.07) is -0.535. The summed E-state index contributed by atoms with van der Waals surface area (Å²) in [5.41, 5.74) is 5.04. The molecule has 2 amide bonds. The number of aromatic nitrogens is 2. The second-order valence-corrected chi connectivity index (χ2v) is 5.07. The van der Waals surface area contributed by atoms with Gasteiger partial charge in [-0.2, -0.15) is 4.98 Å². The maximum absolute atomic E-state index is 10.7. The molecular formula is C13H22N4O3. The number of carbonyl (C=O) groups is 1. The number of ether oxygens (including phenoxy) is 1. The average Bonchev–Trinajstić information content (AvgIpc) is 3.06. The van der Waals surface area contributed by atoms with Crippen LogP contribution in [-0.2, 0) is 4.74 Å². The molecule has 0 radical (unpaired) electrons. The fraction of sp³-hybridized carbons (Fsp3) is 0.769. The van der Waals surface area contributed by atoms with Crippen LogP contribution >= 0.6 is 0 Å². The minimum Gasteiger partial charge on any atom is -0.365 e. The summed E-state index contributed by atoms with van der Waals surface area (Å²) in [6.45, 7) is 4.63. The fourth-order valence-electron chi connectivity index (χ4n) is 2.44. The van der Waals surface area contributed by atoms with Gasteiger partial charge in [0.2, 0.25) is 11.7 Å². The van der Waals surface area contributed by atoms with E-state index in [-0.39, 0.29) is 12.2 Å². The first-order chi connectivity index (χ1) is 9.63. The SMILES string of the molecule is CCC(CC)c1nc(C2CCC(CNC(N)=O)O2)no1. The summed E-state index contributed by atoms with van der Waals surface area (Å²) in [5.74, 6) is 1.60. The third kappa shape index (κ3) is 3.47. The quantitative estimate of drug-likeness (QED) is 0.828. The Balaban J connectivity index is 1.91. The molecule has 1 aliphatic heterocycles. The van der Waals surface area contributed by atoms with Crippen molar-refractivity contribution in [2.24, 2.45) is 5.73 Å². The lowest BCUT2D eigenvalue weighted by atomic mass is 10.0. The number of carbonyl (C=O) groups excluding carboxylic acids is 1. The van der Waals surface area contributed by atoms with E-state index in [0.29, 0.717) is 24.2 Å². The molecule has 1 saturated heterocycles. The van der Waals surface area contributed by atoms with E-state index in [0.717, 1.165) is 25.7 Å². The Hall–Kier alpha value is -1.63. The Labute approximate surface area is 118 Å². The molecule has 1 aliphatic rings. The van der Waals surface area contributed by atoms with Gasteiger partial charge in [-0.1, -0.05) is 19.0 Å². The van der Waals surface area contributed by atoms with Crippen LogP contribution in [0.4, 0.5) is 4.79 Å². The normalized spacial score (nSPS) is 22.4. The lowest BCUT2D eigenvalue weighted by Gasteiger charge is -2.11. The highest BCUT2D eigenvalue weighted by atomic mass is 16.5. The number of primary amides is 1. The molecule has 1 fully saturated rings. The highest BCUT2D eigenvalue weighted by molar-refractivity contribution is 5.71. The zero-order chi connectivity index (χ0) is 14.5. The van der Waals surface area contributed by atoms with Crippen molar-refractivity contribution in [3.8, 4) is 0 Å². The second-order valence-electron chi connectivity index (χ2n) is 5.07. The molecule has 20 heavy (non-hydrogen) atoms. The number of nitrogens with zero attached hydrogens (tertiary/aromatic N) is 2. The number of hydrogen-bond acceptors (Lipinski definition) is 5. The topological polar surface area (TPSA) is 103 Å². The van der Waals surface area contributed by atoms with Crippen LogP contribution in [0.5, 0.6) is 0 Å². The molecule has 2 atom stereocenters. The van der Waals surface area contributed by atoms with Gasteiger partial charge >= 0.3 is 6.03 Å². The molecule has 2 rings (SSSR count). The first kappa shape index (κ1) is 14.8. The lowest BCUT2D eigenvalue weighted by molar-refractivity contribution is 0.0402. The molecule has 2 heterocycles. The van der Waals surface area contributed by atoms with Crippen LogP contribution in [0.25, 0.3) is 0 Å². The first-order valence-corrected chi connectivity index (χ1v) is 7.16. The van der Waals surface area contributed by atoms with E-state index >= 15 is 0 Å². The molecule has 0 aliphatic carbocycles. The monoisotopic (exact) mass is 282 g/mol. The van der Waals surface area contributed by atoms with Gasteiger partial charge in [0.25, 0.3) is 0 Å². The van der Waals surface area contributed by atoms with Gasteiger partial charge < -0.3 is 20.3 Å². The summed E-state index contributed by atoms with van der Waals surface area (Å²) in [7, 11) is 0. The zero-order valence-electron chi connectivity index (χ0n) is 12.0. The van der Waals surface area contributed by atoms with E-state index in [1.54, 1.807) is 0 Å². The molecule has 0 bridgehead atoms. The van der Waals surface area contributed by atoms with Crippen molar-refractivity contribution in [2.75, 3.05) is 6.54 Å². The van der Waals surface area contributed by atoms with Gasteiger partial charge in [-0.05, 0) is 25.7 Å². The molecule has 0 saturated carbocycles. The van der Waals surface area contributed by atoms with Gasteiger partial charge in [-0.15, -0.1) is 0 Å². The second kappa shape index (κ2) is 6.69. The maximum Gasteiger partial charge on any atom is 0.312 e. The van der Waals surface area contributed by atoms with Gasteiger partial charge in [0.15, 0.2) is 0 Å². The van der Waals surface area contributed by atoms with Crippen LogP contribution < -0.4 is 11.1 Å². The van der Waals surface area contributed by atoms with E-state index in [2.05, 4.69) is 29.3 Å². The Morgan fingerprint density at radius 1 is 1.45 bits per heavy atom. The largest absolute Gasteiger partial charge is 0.365 e. The average molecular weight is 282 g/mol. The van der Waals surface area contributed by atoms with E-state index in [1.807, 2.05) is 0 Å². The minimum atomic E-state index is -0.535. The van der Waals surface area contributed by atoms with Gasteiger partial charge in [0.1, 0.15) is 6.10 Å². The smallest absolute Gasteiger partial charge is 0.312 e. The Kier molecular flexibility index (Phi) is 4.94. The van der Waals surface area contributed by atoms with Crippen LogP contribution in [0.15, 0.2) is 4.52 Å². The standard InChI is InChI=1S/C13H22N4O3/c1-3-8(4-2)12-16-11(17-20-12)10-6-5-9(19-10)7-15-13(14)18/h8-10H,3-7H2,1-2H3,(H3,14,15,18). The molecule has 3 N–H and O–H groups in total. The molecule has 7 nitrogen and oxygen atoms in total. The minimum absolute atomic E-state index is 0.0393. The first-order valence-electron chi connectivity index (χ1n) is 7.16. The summed E-state index contributed by atoms with van der Waals surface area (Å²) < 4.78 is 11.1. The third-order valence-corrected chi connectivity index (χ3v) is 3.69. The van der Waals surface area contributed by atoms with Gasteiger partial charge in [-0.3, -0.25) is 0 Å². The molecule has 7 heteroatoms. The van der Waals surface area contributed by atoms with Gasteiger partial charge in [0, 0.05) is 12.5 Å². The number of nitrogens with one attached hydrogen (secondary N) is 1. The fourth-order valence-corrected chi connectivity index (χ4v) is 2.44. The van der Waals surface area contributed by atoms with Gasteiger partial charge in [-0.25, -0.2) is 4.79 Å². The van der Waals surface area contributed by atoms with Crippen molar-refractivity contribution >= 4 is 6.03 Å². The number of hydrogen-bond donors (Lipinski definition) is 2. The number of amides is 2. The third-order valence-electron chi connectivity index (χ3n) is 3.69. The van der Waals surface area contributed by atoms with Crippen LogP contribution in [0.3, 0.4) is 0 Å². The van der Waals surface area contributed by atoms with Crippen molar-refractivity contribution < 1.29 is 14.1 Å². The van der Waals surface area contributed by atoms with Crippen molar-refractivity contribution in [1.29, 1.82) is 0 Å². The molecule has 112 valence electrons. The number of nitrogens with two attached hydrogens (primary N) is 1. The summed E-state index contributed by atoms with van der Waals surface area (Å²) in [5, 5.41) is 6.57. The number of urea groups is 1. The van der Waals surface area contributed by atoms with Crippen molar-refractivity contribution in [2.45, 2.75) is 57.7 Å². The molecule has 0 aromatic carbocycles. The van der Waals surface area contributed by atoms with E-state index in [9.17, 15) is 4.79 Å². The van der Waals surface area contributed by atoms with Crippen molar-refractivity contribution in [3.63, 3.8) is 0 Å². The maximum atomic E-state index is 10.7. The lowest BCUT2D eigenvalue weighted by Crippen LogP contribution is -2.35. The van der Waals surface area contributed by atoms with Gasteiger partial charge in [0.05, 0.1) is 6.10 Å². The molecule has 1 aromatic rings. The summed E-state index contributed by atoms with van der Waals surface area (Å²) in [6.07, 6.45) is 3.44. The van der Waals surface area contributed by atoms with Crippen LogP contribution in [0.2, 0.25) is 0 Å². The highest BCUT2D eigenvalue weighted by Crippen LogP contribution is 2.32. The molecule has 1 aromatic heterocycles. The van der Waals surface area contributed by atoms with Crippen molar-refractivity contribution in [3.05, 3.63) is 11.7 Å². The predicted octanol–water partition coefficient (Wildman–Crippen LogP) is 1.86. The molecule has 2 unspecified atom stereocenters. The van der Waals surface area contributed by atoms with Crippen LogP contribution in [0, 0.1) is 0 Å². The Bertz CT molecular complexity index is 445. The Morgan fingerprint density at radius 3 is 2.85 bits per heavy atom. The Morgan fingerprint density at radius 2 is 2.20 bits per heavy atom. The molecule has 0 spiro atoms. The number of rotatable bonds is 6. The predicted molar refractivity (Wildman–Crippen MR) is 72.1 cm³/mol. The van der Waals surface area contributed by atoms with Crippen molar-refractivity contribution in [1.82, 2.24) is 15.5 Å². The molecular weight excluding hydrogens is 260 g/mol. The highest BCUT2D eigenvalue weighted by Gasteiger charge is 2.30. The van der Waals surface area contributed by atoms with Crippen LogP contribution in [0.1, 0.15) is 63.3 Å². The zero-order valence-corrected chi connectivity index (χ0v) is 12.0. The summed E-state index contributed by atoms with van der Waals surface area (Å²) in [4.78, 5) is 15.1. The van der Waals surface area contributed by atoms with E-state index in [4.69, 9.17) is 15.0 Å². The van der Waals surface area contributed by atoms with E-state index < -0.39 is 6.03 Å².